The first-order valence-electron chi connectivity index (χ1n) is 9.18. The quantitative estimate of drug-likeness (QED) is 0.783. The number of sulfone groups is 1. The summed E-state index contributed by atoms with van der Waals surface area (Å²) < 4.78 is 25.2. The number of carbonyl (C=O) groups excluding carboxylic acids is 1. The van der Waals surface area contributed by atoms with Gasteiger partial charge in [0.05, 0.1) is 16.4 Å². The van der Waals surface area contributed by atoms with Crippen molar-refractivity contribution in [2.75, 3.05) is 32.9 Å². The molecule has 26 heavy (non-hydrogen) atoms. The Balaban J connectivity index is 1.60. The summed E-state index contributed by atoms with van der Waals surface area (Å²) in [5, 5.41) is 0.243. The molecule has 4 rings (SSSR count). The number of benzene rings is 1. The number of halogens is 1. The third-order valence-electron chi connectivity index (χ3n) is 6.63. The van der Waals surface area contributed by atoms with E-state index in [-0.39, 0.29) is 23.6 Å². The second kappa shape index (κ2) is 6.21. The maximum atomic E-state index is 13.4. The van der Waals surface area contributed by atoms with Crippen LogP contribution in [0.15, 0.2) is 24.3 Å². The van der Waals surface area contributed by atoms with Gasteiger partial charge in [-0.05, 0) is 44.6 Å². The van der Waals surface area contributed by atoms with Crippen molar-refractivity contribution >= 4 is 27.3 Å². The standard InChI is InChI=1S/C19H25ClN2O3S/c1-21(2)16-12-26(24,25)17-11-22(10-15(16)17)18(23)19(8-3-9-19)13-4-6-14(20)7-5-13/h4-7,15-17H,3,8-12H2,1-2H3. The fraction of sp³-hybridized carbons (Fsp3) is 0.632. The highest BCUT2D eigenvalue weighted by atomic mass is 35.5. The zero-order valence-electron chi connectivity index (χ0n) is 15.2. The number of amides is 1. The maximum absolute atomic E-state index is 13.4. The van der Waals surface area contributed by atoms with E-state index in [4.69, 9.17) is 11.6 Å². The van der Waals surface area contributed by atoms with Gasteiger partial charge in [-0.2, -0.15) is 0 Å². The van der Waals surface area contributed by atoms with Crippen molar-refractivity contribution in [2.45, 2.75) is 36.0 Å². The molecule has 0 N–H and O–H groups in total. The number of hydrogen-bond acceptors (Lipinski definition) is 4. The van der Waals surface area contributed by atoms with Crippen molar-refractivity contribution in [3.05, 3.63) is 34.9 Å². The predicted octanol–water partition coefficient (Wildman–Crippen LogP) is 1.95. The average molecular weight is 397 g/mol. The molecule has 5 nitrogen and oxygen atoms in total. The molecule has 1 saturated carbocycles. The summed E-state index contributed by atoms with van der Waals surface area (Å²) in [6.45, 7) is 0.881. The zero-order chi connectivity index (χ0) is 18.7. The molecule has 0 bridgehead atoms. The molecule has 0 radical (unpaired) electrons. The van der Waals surface area contributed by atoms with Crippen molar-refractivity contribution in [3.63, 3.8) is 0 Å². The molecule has 3 unspecified atom stereocenters. The number of hydrogen-bond donors (Lipinski definition) is 0. The number of fused-ring (bicyclic) bond motifs is 1. The third-order valence-corrected chi connectivity index (χ3v) is 9.11. The Hall–Kier alpha value is -1.11. The van der Waals surface area contributed by atoms with Gasteiger partial charge < -0.3 is 9.80 Å². The second-order valence-electron chi connectivity index (χ2n) is 8.22. The summed E-state index contributed by atoms with van der Waals surface area (Å²) in [5.41, 5.74) is 0.503. The lowest BCUT2D eigenvalue weighted by molar-refractivity contribution is -0.140. The van der Waals surface area contributed by atoms with Gasteiger partial charge in [0.1, 0.15) is 0 Å². The molecular formula is C19H25ClN2O3S. The van der Waals surface area contributed by atoms with E-state index in [1.165, 1.54) is 0 Å². The van der Waals surface area contributed by atoms with Crippen LogP contribution in [-0.2, 0) is 20.0 Å². The van der Waals surface area contributed by atoms with Gasteiger partial charge in [0.15, 0.2) is 9.84 Å². The molecule has 142 valence electrons. The van der Waals surface area contributed by atoms with Crippen LogP contribution < -0.4 is 0 Å². The van der Waals surface area contributed by atoms with Crippen molar-refractivity contribution in [2.24, 2.45) is 5.92 Å². The Morgan fingerprint density at radius 3 is 2.38 bits per heavy atom. The molecule has 3 atom stereocenters. The van der Waals surface area contributed by atoms with Gasteiger partial charge in [-0.15, -0.1) is 0 Å². The van der Waals surface area contributed by atoms with E-state index >= 15 is 0 Å². The summed E-state index contributed by atoms with van der Waals surface area (Å²) in [7, 11) is 0.708. The third kappa shape index (κ3) is 2.69. The highest BCUT2D eigenvalue weighted by molar-refractivity contribution is 7.92. The molecule has 2 saturated heterocycles. The minimum Gasteiger partial charge on any atom is -0.340 e. The van der Waals surface area contributed by atoms with Crippen LogP contribution in [0.25, 0.3) is 0 Å². The lowest BCUT2D eigenvalue weighted by Gasteiger charge is -2.43. The largest absolute Gasteiger partial charge is 0.340 e. The first-order chi connectivity index (χ1) is 12.2. The van der Waals surface area contributed by atoms with Crippen LogP contribution in [0.2, 0.25) is 5.02 Å². The molecule has 1 amide bonds. The summed E-state index contributed by atoms with van der Waals surface area (Å²) >= 11 is 6.00. The number of rotatable bonds is 3. The maximum Gasteiger partial charge on any atom is 0.233 e. The molecule has 2 aliphatic heterocycles. The van der Waals surface area contributed by atoms with Gasteiger partial charge in [0, 0.05) is 30.1 Å². The van der Waals surface area contributed by atoms with Crippen LogP contribution in [0.5, 0.6) is 0 Å². The Labute approximate surface area is 160 Å². The van der Waals surface area contributed by atoms with E-state index in [0.29, 0.717) is 18.1 Å². The lowest BCUT2D eigenvalue weighted by Crippen LogP contribution is -2.51. The summed E-state index contributed by atoms with van der Waals surface area (Å²) in [6.07, 6.45) is 2.67. The van der Waals surface area contributed by atoms with Gasteiger partial charge in [0.2, 0.25) is 5.91 Å². The number of carbonyl (C=O) groups is 1. The van der Waals surface area contributed by atoms with Crippen LogP contribution in [0.1, 0.15) is 24.8 Å². The highest BCUT2D eigenvalue weighted by Crippen LogP contribution is 2.47. The molecule has 1 aliphatic carbocycles. The van der Waals surface area contributed by atoms with E-state index in [0.717, 1.165) is 24.8 Å². The molecule has 0 aromatic heterocycles. The molecule has 2 heterocycles. The van der Waals surface area contributed by atoms with Gasteiger partial charge in [0.25, 0.3) is 0 Å². The Morgan fingerprint density at radius 2 is 1.85 bits per heavy atom. The number of nitrogens with zero attached hydrogens (tertiary/aromatic N) is 2. The van der Waals surface area contributed by atoms with Gasteiger partial charge in [-0.1, -0.05) is 30.2 Å². The van der Waals surface area contributed by atoms with Gasteiger partial charge >= 0.3 is 0 Å². The van der Waals surface area contributed by atoms with E-state index in [1.54, 1.807) is 0 Å². The monoisotopic (exact) mass is 396 g/mol. The smallest absolute Gasteiger partial charge is 0.233 e. The van der Waals surface area contributed by atoms with Crippen molar-refractivity contribution < 1.29 is 13.2 Å². The molecule has 1 aromatic carbocycles. The highest BCUT2D eigenvalue weighted by Gasteiger charge is 2.56. The van der Waals surface area contributed by atoms with Crippen LogP contribution in [-0.4, -0.2) is 68.4 Å². The normalized spacial score (nSPS) is 31.7. The van der Waals surface area contributed by atoms with E-state index in [9.17, 15) is 13.2 Å². The minimum absolute atomic E-state index is 0.00401. The summed E-state index contributed by atoms with van der Waals surface area (Å²) in [4.78, 5) is 17.2. The molecular weight excluding hydrogens is 372 g/mol. The van der Waals surface area contributed by atoms with Crippen molar-refractivity contribution in [1.82, 2.24) is 9.80 Å². The minimum atomic E-state index is -3.14. The second-order valence-corrected chi connectivity index (χ2v) is 10.9. The van der Waals surface area contributed by atoms with Crippen molar-refractivity contribution in [3.8, 4) is 0 Å². The molecule has 3 aliphatic rings. The molecule has 0 spiro atoms. The Morgan fingerprint density at radius 1 is 1.19 bits per heavy atom. The molecule has 1 aromatic rings. The van der Waals surface area contributed by atoms with E-state index < -0.39 is 20.5 Å². The fourth-order valence-electron chi connectivity index (χ4n) is 4.96. The average Bonchev–Trinajstić information content (AvgIpc) is 3.07. The van der Waals surface area contributed by atoms with E-state index in [1.807, 2.05) is 48.2 Å². The fourth-order valence-corrected chi connectivity index (χ4v) is 7.56. The predicted molar refractivity (Wildman–Crippen MR) is 102 cm³/mol. The van der Waals surface area contributed by atoms with Crippen LogP contribution >= 0.6 is 11.6 Å². The Kier molecular flexibility index (Phi) is 4.36. The van der Waals surface area contributed by atoms with Gasteiger partial charge in [-0.3, -0.25) is 4.79 Å². The topological polar surface area (TPSA) is 57.7 Å². The zero-order valence-corrected chi connectivity index (χ0v) is 16.8. The first-order valence-corrected chi connectivity index (χ1v) is 11.3. The molecule has 7 heteroatoms. The van der Waals surface area contributed by atoms with E-state index in [2.05, 4.69) is 0 Å². The van der Waals surface area contributed by atoms with Crippen molar-refractivity contribution in [1.29, 1.82) is 0 Å². The Bertz CT molecular complexity index is 818. The van der Waals surface area contributed by atoms with Crippen LogP contribution in [0.3, 0.4) is 0 Å². The SMILES string of the molecule is CN(C)C1CS(=O)(=O)C2CN(C(=O)C3(c4ccc(Cl)cc4)CCC3)CC12. The molecule has 3 fully saturated rings. The number of likely N-dealkylation sites (tertiary alicyclic amines) is 1. The summed E-state index contributed by atoms with van der Waals surface area (Å²) in [5.74, 6) is 0.314. The lowest BCUT2D eigenvalue weighted by atomic mass is 9.63. The summed E-state index contributed by atoms with van der Waals surface area (Å²) in [6, 6.07) is 7.53. The van der Waals surface area contributed by atoms with Gasteiger partial charge in [-0.25, -0.2) is 8.42 Å². The van der Waals surface area contributed by atoms with Crippen LogP contribution in [0, 0.1) is 5.92 Å². The van der Waals surface area contributed by atoms with Crippen LogP contribution in [0.4, 0.5) is 0 Å². The first kappa shape index (κ1) is 18.3.